The quantitative estimate of drug-likeness (QED) is 0.300. The van der Waals surface area contributed by atoms with E-state index < -0.39 is 0 Å². The number of aromatic nitrogens is 4. The van der Waals surface area contributed by atoms with Crippen molar-refractivity contribution in [2.24, 2.45) is 0 Å². The van der Waals surface area contributed by atoms with Gasteiger partial charge in [-0.3, -0.25) is 0 Å². The fourth-order valence-corrected chi connectivity index (χ4v) is 6.75. The number of aromatic amines is 1. The van der Waals surface area contributed by atoms with E-state index in [1.165, 1.54) is 75.5 Å². The maximum absolute atomic E-state index is 4.38. The molecule has 6 rings (SSSR count). The molecule has 1 aliphatic heterocycles. The Balaban J connectivity index is 1.43. The molecule has 0 atom stereocenters. The molecule has 0 spiro atoms. The number of benzene rings is 1. The number of thiophene rings is 1. The van der Waals surface area contributed by atoms with Crippen molar-refractivity contribution in [3.8, 4) is 21.7 Å². The summed E-state index contributed by atoms with van der Waals surface area (Å²) in [6, 6.07) is 11.4. The van der Waals surface area contributed by atoms with Crippen molar-refractivity contribution in [1.29, 1.82) is 0 Å². The Morgan fingerprint density at radius 2 is 1.76 bits per heavy atom. The third-order valence-corrected chi connectivity index (χ3v) is 8.46. The number of piperidine rings is 1. The molecule has 0 saturated carbocycles. The first-order chi connectivity index (χ1) is 16.5. The molecule has 0 radical (unpaired) electrons. The number of H-pyrrole nitrogens is 1. The number of aryl methyl sites for hydroxylation is 2. The van der Waals surface area contributed by atoms with E-state index in [2.05, 4.69) is 84.2 Å². The minimum absolute atomic E-state index is 0.401. The molecule has 0 unspecified atom stereocenters. The van der Waals surface area contributed by atoms with E-state index in [-0.39, 0.29) is 0 Å². The Hall–Kier alpha value is -3.12. The monoisotopic (exact) mass is 469 g/mol. The van der Waals surface area contributed by atoms with E-state index in [1.807, 2.05) is 15.9 Å². The normalized spacial score (nSPS) is 14.7. The number of nitrogens with zero attached hydrogens (tertiary/aromatic N) is 4. The first-order valence-corrected chi connectivity index (χ1v) is 13.1. The van der Waals surface area contributed by atoms with Crippen LogP contribution >= 0.6 is 11.3 Å². The molecule has 4 aromatic heterocycles. The third kappa shape index (κ3) is 3.43. The molecule has 1 fully saturated rings. The third-order valence-electron chi connectivity index (χ3n) is 7.20. The van der Waals surface area contributed by atoms with Gasteiger partial charge in [0.15, 0.2) is 5.65 Å². The summed E-state index contributed by atoms with van der Waals surface area (Å²) in [6.07, 6.45) is 7.68. The maximum atomic E-state index is 4.38. The van der Waals surface area contributed by atoms with Gasteiger partial charge in [-0.2, -0.15) is 5.10 Å². The second-order valence-electron chi connectivity index (χ2n) is 9.86. The standard InChI is InChI=1S/C28H31N5S/c1-17(2)23-24-19(4)26(20-8-10-22(11-9-20)32-12-6-5-7-13-32)34-28(24)31-25(23)21-14-18(3)27-29-16-30-33(27)15-21/h8-11,14-17,31H,5-7,12-13H2,1-4H3. The predicted molar refractivity (Wildman–Crippen MR) is 143 cm³/mol. The first-order valence-electron chi connectivity index (χ1n) is 12.3. The number of pyridine rings is 1. The van der Waals surface area contributed by atoms with E-state index >= 15 is 0 Å². The molecule has 1 aromatic carbocycles. The molecule has 1 aliphatic rings. The lowest BCUT2D eigenvalue weighted by Gasteiger charge is -2.28. The van der Waals surface area contributed by atoms with Gasteiger partial charge in [0.05, 0.1) is 5.69 Å². The van der Waals surface area contributed by atoms with E-state index in [1.54, 1.807) is 6.33 Å². The molecule has 0 bridgehead atoms. The van der Waals surface area contributed by atoms with Gasteiger partial charge in [0, 0.05) is 40.8 Å². The van der Waals surface area contributed by atoms with Crippen LogP contribution in [-0.4, -0.2) is 32.7 Å². The number of anilines is 1. The first kappa shape index (κ1) is 21.4. The summed E-state index contributed by atoms with van der Waals surface area (Å²) in [5.74, 6) is 0.401. The van der Waals surface area contributed by atoms with Crippen LogP contribution in [0.3, 0.4) is 0 Å². The largest absolute Gasteiger partial charge is 0.372 e. The summed E-state index contributed by atoms with van der Waals surface area (Å²) >= 11 is 1.87. The smallest absolute Gasteiger partial charge is 0.158 e. The summed E-state index contributed by atoms with van der Waals surface area (Å²) in [5, 5.41) is 5.76. The minimum Gasteiger partial charge on any atom is -0.372 e. The molecule has 0 aliphatic carbocycles. The fourth-order valence-electron chi connectivity index (χ4n) is 5.52. The number of hydrogen-bond donors (Lipinski definition) is 1. The zero-order valence-electron chi connectivity index (χ0n) is 20.4. The van der Waals surface area contributed by atoms with Gasteiger partial charge in [0.1, 0.15) is 11.2 Å². The van der Waals surface area contributed by atoms with Crippen LogP contribution in [-0.2, 0) is 0 Å². The zero-order valence-corrected chi connectivity index (χ0v) is 21.2. The summed E-state index contributed by atoms with van der Waals surface area (Å²) in [5.41, 5.74) is 9.83. The number of fused-ring (bicyclic) bond motifs is 2. The van der Waals surface area contributed by atoms with Gasteiger partial charge >= 0.3 is 0 Å². The molecule has 5 nitrogen and oxygen atoms in total. The SMILES string of the molecule is Cc1c(-c2ccc(N3CCCCC3)cc2)sc2[nH]c(-c3cc(C)c4ncnn4c3)c(C(C)C)c12. The number of hydrogen-bond acceptors (Lipinski definition) is 4. The van der Waals surface area contributed by atoms with E-state index in [4.69, 9.17) is 0 Å². The summed E-state index contributed by atoms with van der Waals surface area (Å²) in [7, 11) is 0. The molecule has 0 amide bonds. The van der Waals surface area contributed by atoms with Gasteiger partial charge in [-0.05, 0) is 79.5 Å². The van der Waals surface area contributed by atoms with Gasteiger partial charge in [0.25, 0.3) is 0 Å². The van der Waals surface area contributed by atoms with Crippen molar-refractivity contribution < 1.29 is 0 Å². The average molecular weight is 470 g/mol. The van der Waals surface area contributed by atoms with Crippen LogP contribution in [0, 0.1) is 13.8 Å². The minimum atomic E-state index is 0.401. The van der Waals surface area contributed by atoms with Gasteiger partial charge in [-0.25, -0.2) is 9.50 Å². The van der Waals surface area contributed by atoms with Crippen molar-refractivity contribution in [3.63, 3.8) is 0 Å². The zero-order chi connectivity index (χ0) is 23.4. The highest BCUT2D eigenvalue weighted by molar-refractivity contribution is 7.22. The molecule has 1 N–H and O–H groups in total. The fraction of sp³-hybridized carbons (Fsp3) is 0.357. The lowest BCUT2D eigenvalue weighted by atomic mass is 9.94. The van der Waals surface area contributed by atoms with Crippen LogP contribution in [0.5, 0.6) is 0 Å². The Labute approximate surface area is 204 Å². The van der Waals surface area contributed by atoms with E-state index in [9.17, 15) is 0 Å². The molecule has 5 aromatic rings. The van der Waals surface area contributed by atoms with Gasteiger partial charge < -0.3 is 9.88 Å². The van der Waals surface area contributed by atoms with Crippen molar-refractivity contribution in [2.75, 3.05) is 18.0 Å². The average Bonchev–Trinajstić information content (AvgIpc) is 3.55. The van der Waals surface area contributed by atoms with E-state index in [0.29, 0.717) is 5.92 Å². The van der Waals surface area contributed by atoms with Crippen molar-refractivity contribution in [1.82, 2.24) is 19.6 Å². The van der Waals surface area contributed by atoms with Crippen LogP contribution in [0.15, 0.2) is 42.9 Å². The van der Waals surface area contributed by atoms with Crippen LogP contribution in [0.1, 0.15) is 55.7 Å². The highest BCUT2D eigenvalue weighted by Crippen LogP contribution is 2.45. The molecule has 5 heterocycles. The van der Waals surface area contributed by atoms with E-state index in [0.717, 1.165) is 16.8 Å². The Bertz CT molecular complexity index is 1480. The van der Waals surface area contributed by atoms with Crippen molar-refractivity contribution in [3.05, 3.63) is 59.5 Å². The second-order valence-corrected chi connectivity index (χ2v) is 10.9. The van der Waals surface area contributed by atoms with Crippen LogP contribution in [0.4, 0.5) is 5.69 Å². The van der Waals surface area contributed by atoms with Crippen LogP contribution in [0.2, 0.25) is 0 Å². The van der Waals surface area contributed by atoms with Crippen LogP contribution < -0.4 is 4.90 Å². The highest BCUT2D eigenvalue weighted by atomic mass is 32.1. The summed E-state index contributed by atoms with van der Waals surface area (Å²) in [4.78, 5) is 13.3. The molecule has 174 valence electrons. The maximum Gasteiger partial charge on any atom is 0.158 e. The molecular weight excluding hydrogens is 438 g/mol. The Morgan fingerprint density at radius 1 is 1.00 bits per heavy atom. The molecule has 6 heteroatoms. The van der Waals surface area contributed by atoms with Gasteiger partial charge in [0.2, 0.25) is 0 Å². The Kier molecular flexibility index (Phi) is 5.21. The topological polar surface area (TPSA) is 49.2 Å². The lowest BCUT2D eigenvalue weighted by molar-refractivity contribution is 0.578. The lowest BCUT2D eigenvalue weighted by Crippen LogP contribution is -2.29. The Morgan fingerprint density at radius 3 is 2.50 bits per heavy atom. The number of rotatable bonds is 4. The van der Waals surface area contributed by atoms with Gasteiger partial charge in [-0.1, -0.05) is 26.0 Å². The molecule has 1 saturated heterocycles. The number of nitrogens with one attached hydrogen (secondary N) is 1. The summed E-state index contributed by atoms with van der Waals surface area (Å²) in [6.45, 7) is 11.3. The highest BCUT2D eigenvalue weighted by Gasteiger charge is 2.23. The van der Waals surface area contributed by atoms with Crippen molar-refractivity contribution in [2.45, 2.75) is 52.9 Å². The summed E-state index contributed by atoms with van der Waals surface area (Å²) < 4.78 is 1.88. The van der Waals surface area contributed by atoms with Crippen LogP contribution in [0.25, 0.3) is 37.6 Å². The van der Waals surface area contributed by atoms with Gasteiger partial charge in [-0.15, -0.1) is 11.3 Å². The molecular formula is C28H31N5S. The second kappa shape index (κ2) is 8.27. The molecule has 34 heavy (non-hydrogen) atoms. The van der Waals surface area contributed by atoms with Crippen molar-refractivity contribution >= 4 is 32.9 Å². The predicted octanol–water partition coefficient (Wildman–Crippen LogP) is 7.34.